The second-order valence-corrected chi connectivity index (χ2v) is 6.59. The van der Waals surface area contributed by atoms with Crippen molar-refractivity contribution in [2.75, 3.05) is 6.54 Å². The molecule has 1 atom stereocenters. The van der Waals surface area contributed by atoms with Gasteiger partial charge >= 0.3 is 6.03 Å². The maximum atomic E-state index is 11.8. The molecular weight excluding hydrogens is 324 g/mol. The number of aliphatic hydroxyl groups is 1. The largest absolute Gasteiger partial charge is 0.387 e. The second kappa shape index (κ2) is 9.42. The fraction of sp³-hybridized carbons (Fsp3) is 0.389. The third-order valence-corrected chi connectivity index (χ3v) is 4.14. The van der Waals surface area contributed by atoms with Gasteiger partial charge in [-0.25, -0.2) is 4.79 Å². The monoisotopic (exact) mass is 348 g/mol. The number of thiophene rings is 1. The van der Waals surface area contributed by atoms with Gasteiger partial charge in [0, 0.05) is 13.1 Å². The van der Waals surface area contributed by atoms with Gasteiger partial charge < -0.3 is 20.5 Å². The van der Waals surface area contributed by atoms with E-state index in [1.54, 1.807) is 0 Å². The summed E-state index contributed by atoms with van der Waals surface area (Å²) in [5.74, 6) is 0. The van der Waals surface area contributed by atoms with Crippen molar-refractivity contribution in [3.63, 3.8) is 0 Å². The number of aliphatic hydroxyl groups excluding tert-OH is 1. The average Bonchev–Trinajstić information content (AvgIpc) is 3.11. The zero-order chi connectivity index (χ0) is 17.4. The zero-order valence-electron chi connectivity index (χ0n) is 14.0. The smallest absolute Gasteiger partial charge is 0.315 e. The predicted molar refractivity (Wildman–Crippen MR) is 95.9 cm³/mol. The summed E-state index contributed by atoms with van der Waals surface area (Å²) >= 11 is 1.52. The van der Waals surface area contributed by atoms with Crippen LogP contribution >= 0.6 is 11.3 Å². The quantitative estimate of drug-likeness (QED) is 0.686. The average molecular weight is 348 g/mol. The number of carbonyl (C=O) groups excluding carboxylic acids is 1. The van der Waals surface area contributed by atoms with Crippen molar-refractivity contribution in [2.24, 2.45) is 0 Å². The van der Waals surface area contributed by atoms with Crippen LogP contribution in [0.15, 0.2) is 41.1 Å². The van der Waals surface area contributed by atoms with E-state index in [-0.39, 0.29) is 18.7 Å². The number of benzene rings is 1. The molecule has 0 unspecified atom stereocenters. The van der Waals surface area contributed by atoms with Gasteiger partial charge in [-0.15, -0.1) is 0 Å². The molecule has 0 fully saturated rings. The summed E-state index contributed by atoms with van der Waals surface area (Å²) in [6.45, 7) is 5.23. The highest BCUT2D eigenvalue weighted by Gasteiger charge is 2.09. The summed E-state index contributed by atoms with van der Waals surface area (Å²) < 4.78 is 5.55. The van der Waals surface area contributed by atoms with Gasteiger partial charge in [0.05, 0.1) is 18.8 Å². The van der Waals surface area contributed by atoms with E-state index in [9.17, 15) is 9.90 Å². The molecule has 3 N–H and O–H groups in total. The number of ether oxygens (including phenoxy) is 1. The molecule has 0 bridgehead atoms. The molecule has 0 aliphatic heterocycles. The van der Waals surface area contributed by atoms with Crippen LogP contribution in [0.4, 0.5) is 4.79 Å². The van der Waals surface area contributed by atoms with Crippen molar-refractivity contribution in [1.82, 2.24) is 10.6 Å². The van der Waals surface area contributed by atoms with Gasteiger partial charge in [0.25, 0.3) is 0 Å². The van der Waals surface area contributed by atoms with Crippen LogP contribution in [0.25, 0.3) is 0 Å². The van der Waals surface area contributed by atoms with Crippen LogP contribution in [-0.4, -0.2) is 23.8 Å². The van der Waals surface area contributed by atoms with E-state index in [0.29, 0.717) is 13.2 Å². The summed E-state index contributed by atoms with van der Waals surface area (Å²) in [5.41, 5.74) is 2.94. The fourth-order valence-electron chi connectivity index (χ4n) is 2.03. The summed E-state index contributed by atoms with van der Waals surface area (Å²) in [7, 11) is 0. The van der Waals surface area contributed by atoms with Gasteiger partial charge in [0.15, 0.2) is 0 Å². The first kappa shape index (κ1) is 18.4. The number of urea groups is 1. The van der Waals surface area contributed by atoms with Crippen molar-refractivity contribution in [3.05, 3.63) is 57.8 Å². The summed E-state index contributed by atoms with van der Waals surface area (Å²) in [6, 6.07) is 9.49. The minimum Gasteiger partial charge on any atom is -0.387 e. The Hall–Kier alpha value is -1.89. The van der Waals surface area contributed by atoms with Crippen LogP contribution < -0.4 is 10.6 Å². The molecule has 2 amide bonds. The predicted octanol–water partition coefficient (Wildman–Crippen LogP) is 3.21. The first-order chi connectivity index (χ1) is 11.5. The topological polar surface area (TPSA) is 70.6 Å². The van der Waals surface area contributed by atoms with Gasteiger partial charge in [-0.05, 0) is 47.4 Å². The molecule has 0 radical (unpaired) electrons. The summed E-state index contributed by atoms with van der Waals surface area (Å²) in [4.78, 5) is 11.8. The number of hydrogen-bond acceptors (Lipinski definition) is 4. The van der Waals surface area contributed by atoms with E-state index in [1.165, 1.54) is 11.3 Å². The zero-order valence-corrected chi connectivity index (χ0v) is 14.8. The Bertz CT molecular complexity index is 612. The molecule has 1 aromatic heterocycles. The molecule has 0 saturated heterocycles. The molecular formula is C18H24N2O3S. The lowest BCUT2D eigenvalue weighted by Crippen LogP contribution is -2.37. The Kier molecular flexibility index (Phi) is 7.24. The number of amides is 2. The highest BCUT2D eigenvalue weighted by atomic mass is 32.1. The summed E-state index contributed by atoms with van der Waals surface area (Å²) in [5, 5.41) is 19.1. The van der Waals surface area contributed by atoms with E-state index < -0.39 is 6.10 Å². The summed E-state index contributed by atoms with van der Waals surface area (Å²) in [6.07, 6.45) is -0.471. The standard InChI is InChI=1S/C18H24N2O3S/c1-13(2)23-11-15-5-3-14(4-6-15)9-19-18(22)20-10-17(21)16-7-8-24-12-16/h3-8,12-13,17,21H,9-11H2,1-2H3,(H2,19,20,22)/t17-/m1/s1. The maximum absolute atomic E-state index is 11.8. The minimum absolute atomic E-state index is 0.189. The molecule has 130 valence electrons. The molecule has 1 heterocycles. The number of rotatable bonds is 8. The molecule has 0 aliphatic carbocycles. The van der Waals surface area contributed by atoms with Crippen molar-refractivity contribution >= 4 is 17.4 Å². The SMILES string of the molecule is CC(C)OCc1ccc(CNC(=O)NC[C@@H](O)c2ccsc2)cc1. The van der Waals surface area contributed by atoms with Crippen molar-refractivity contribution in [2.45, 2.75) is 39.2 Å². The third kappa shape index (κ3) is 6.31. The van der Waals surface area contributed by atoms with Crippen LogP contribution in [0.3, 0.4) is 0 Å². The molecule has 0 spiro atoms. The van der Waals surface area contributed by atoms with Crippen LogP contribution in [0, 0.1) is 0 Å². The highest BCUT2D eigenvalue weighted by Crippen LogP contribution is 2.14. The third-order valence-electron chi connectivity index (χ3n) is 3.44. The van der Waals surface area contributed by atoms with Crippen molar-refractivity contribution in [3.8, 4) is 0 Å². The molecule has 2 aromatic rings. The first-order valence-corrected chi connectivity index (χ1v) is 8.90. The van der Waals surface area contributed by atoms with Crippen LogP contribution in [0.2, 0.25) is 0 Å². The van der Waals surface area contributed by atoms with E-state index >= 15 is 0 Å². The molecule has 24 heavy (non-hydrogen) atoms. The van der Waals surface area contributed by atoms with Gasteiger partial charge in [0.2, 0.25) is 0 Å². The van der Waals surface area contributed by atoms with E-state index in [2.05, 4.69) is 10.6 Å². The number of hydrogen-bond donors (Lipinski definition) is 3. The van der Waals surface area contributed by atoms with Gasteiger partial charge in [-0.2, -0.15) is 11.3 Å². The van der Waals surface area contributed by atoms with Crippen molar-refractivity contribution in [1.29, 1.82) is 0 Å². The van der Waals surface area contributed by atoms with E-state index in [1.807, 2.05) is 54.9 Å². The Morgan fingerprint density at radius 2 is 1.88 bits per heavy atom. The Balaban J connectivity index is 1.69. The number of nitrogens with one attached hydrogen (secondary N) is 2. The first-order valence-electron chi connectivity index (χ1n) is 7.96. The van der Waals surface area contributed by atoms with Gasteiger partial charge in [-0.3, -0.25) is 0 Å². The minimum atomic E-state index is -0.678. The molecule has 0 aliphatic rings. The van der Waals surface area contributed by atoms with E-state index in [0.717, 1.165) is 16.7 Å². The Labute approximate surface area is 146 Å². The molecule has 6 heteroatoms. The van der Waals surface area contributed by atoms with Gasteiger partial charge in [-0.1, -0.05) is 24.3 Å². The second-order valence-electron chi connectivity index (χ2n) is 5.81. The van der Waals surface area contributed by atoms with E-state index in [4.69, 9.17) is 4.74 Å². The lowest BCUT2D eigenvalue weighted by Gasteiger charge is -2.12. The van der Waals surface area contributed by atoms with Crippen molar-refractivity contribution < 1.29 is 14.6 Å². The highest BCUT2D eigenvalue weighted by molar-refractivity contribution is 7.07. The lowest BCUT2D eigenvalue weighted by molar-refractivity contribution is 0.0657. The molecule has 5 nitrogen and oxygen atoms in total. The molecule has 0 saturated carbocycles. The van der Waals surface area contributed by atoms with Crippen LogP contribution in [0.5, 0.6) is 0 Å². The number of carbonyl (C=O) groups is 1. The molecule has 1 aromatic carbocycles. The maximum Gasteiger partial charge on any atom is 0.315 e. The molecule has 2 rings (SSSR count). The Morgan fingerprint density at radius 1 is 1.17 bits per heavy atom. The normalized spacial score (nSPS) is 12.2. The van der Waals surface area contributed by atoms with Crippen LogP contribution in [-0.2, 0) is 17.9 Å². The Morgan fingerprint density at radius 3 is 2.50 bits per heavy atom. The van der Waals surface area contributed by atoms with Crippen LogP contribution in [0.1, 0.15) is 36.6 Å². The lowest BCUT2D eigenvalue weighted by atomic mass is 10.1. The van der Waals surface area contributed by atoms with Gasteiger partial charge in [0.1, 0.15) is 0 Å². The fourth-order valence-corrected chi connectivity index (χ4v) is 2.74.